The Bertz CT molecular complexity index is 574. The number of hydrogen-bond acceptors (Lipinski definition) is 3. The van der Waals surface area contributed by atoms with Crippen LogP contribution in [0.1, 0.15) is 18.5 Å². The molecule has 1 atom stereocenters. The van der Waals surface area contributed by atoms with Crippen molar-refractivity contribution in [1.29, 1.82) is 0 Å². The zero-order valence-corrected chi connectivity index (χ0v) is 12.7. The molecule has 0 unspecified atom stereocenters. The van der Waals surface area contributed by atoms with Gasteiger partial charge in [-0.15, -0.1) is 0 Å². The van der Waals surface area contributed by atoms with E-state index >= 15 is 0 Å². The Morgan fingerprint density at radius 1 is 1.30 bits per heavy atom. The zero-order valence-electron chi connectivity index (χ0n) is 11.1. The molecule has 2 aromatic rings. The number of benzene rings is 1. The van der Waals surface area contributed by atoms with Crippen LogP contribution in [0.2, 0.25) is 0 Å². The SMILES string of the molecule is C[C@@H](NCC(=O)Nc1ccncc1)c1cccc(Br)c1. The minimum absolute atomic E-state index is 0.0713. The Morgan fingerprint density at radius 3 is 2.75 bits per heavy atom. The molecule has 1 amide bonds. The van der Waals surface area contributed by atoms with E-state index in [2.05, 4.69) is 31.5 Å². The smallest absolute Gasteiger partial charge is 0.238 e. The summed E-state index contributed by atoms with van der Waals surface area (Å²) in [6.07, 6.45) is 3.29. The molecule has 2 rings (SSSR count). The maximum Gasteiger partial charge on any atom is 0.238 e. The van der Waals surface area contributed by atoms with Gasteiger partial charge in [0, 0.05) is 28.6 Å². The molecule has 104 valence electrons. The predicted molar refractivity (Wildman–Crippen MR) is 83.4 cm³/mol. The monoisotopic (exact) mass is 333 g/mol. The van der Waals surface area contributed by atoms with Crippen molar-refractivity contribution >= 4 is 27.5 Å². The number of halogens is 1. The summed E-state index contributed by atoms with van der Waals surface area (Å²) in [5, 5.41) is 6.01. The summed E-state index contributed by atoms with van der Waals surface area (Å²) >= 11 is 3.44. The Hall–Kier alpha value is -1.72. The van der Waals surface area contributed by atoms with Crippen LogP contribution >= 0.6 is 15.9 Å². The van der Waals surface area contributed by atoms with Gasteiger partial charge in [-0.3, -0.25) is 9.78 Å². The van der Waals surface area contributed by atoms with E-state index in [1.165, 1.54) is 0 Å². The highest BCUT2D eigenvalue weighted by Crippen LogP contribution is 2.17. The van der Waals surface area contributed by atoms with E-state index in [0.717, 1.165) is 15.7 Å². The average Bonchev–Trinajstić information content (AvgIpc) is 2.46. The van der Waals surface area contributed by atoms with Gasteiger partial charge in [-0.25, -0.2) is 0 Å². The number of anilines is 1. The molecule has 0 aliphatic rings. The maximum atomic E-state index is 11.8. The fourth-order valence-electron chi connectivity index (χ4n) is 1.78. The molecular weight excluding hydrogens is 318 g/mol. The molecule has 0 bridgehead atoms. The zero-order chi connectivity index (χ0) is 14.4. The van der Waals surface area contributed by atoms with Crippen LogP contribution in [-0.2, 0) is 4.79 Å². The van der Waals surface area contributed by atoms with Crippen molar-refractivity contribution in [1.82, 2.24) is 10.3 Å². The summed E-state index contributed by atoms with van der Waals surface area (Å²) in [4.78, 5) is 15.7. The van der Waals surface area contributed by atoms with Crippen LogP contribution in [0.4, 0.5) is 5.69 Å². The van der Waals surface area contributed by atoms with Gasteiger partial charge in [-0.1, -0.05) is 28.1 Å². The molecule has 0 radical (unpaired) electrons. The number of nitrogens with zero attached hydrogens (tertiary/aromatic N) is 1. The lowest BCUT2D eigenvalue weighted by Gasteiger charge is -2.14. The normalized spacial score (nSPS) is 11.9. The number of nitrogens with one attached hydrogen (secondary N) is 2. The summed E-state index contributed by atoms with van der Waals surface area (Å²) in [6, 6.07) is 11.7. The lowest BCUT2D eigenvalue weighted by molar-refractivity contribution is -0.115. The molecule has 20 heavy (non-hydrogen) atoms. The number of carbonyl (C=O) groups is 1. The van der Waals surface area contributed by atoms with Gasteiger partial charge in [0.05, 0.1) is 6.54 Å². The maximum absolute atomic E-state index is 11.8. The van der Waals surface area contributed by atoms with Crippen LogP contribution in [-0.4, -0.2) is 17.4 Å². The van der Waals surface area contributed by atoms with Crippen LogP contribution in [0, 0.1) is 0 Å². The van der Waals surface area contributed by atoms with Crippen molar-refractivity contribution < 1.29 is 4.79 Å². The fourth-order valence-corrected chi connectivity index (χ4v) is 2.20. The van der Waals surface area contributed by atoms with Crippen LogP contribution in [0.5, 0.6) is 0 Å². The van der Waals surface area contributed by atoms with Crippen LogP contribution < -0.4 is 10.6 Å². The van der Waals surface area contributed by atoms with Crippen LogP contribution in [0.3, 0.4) is 0 Å². The Labute approximate surface area is 126 Å². The highest BCUT2D eigenvalue weighted by Gasteiger charge is 2.08. The first-order chi connectivity index (χ1) is 9.65. The lowest BCUT2D eigenvalue weighted by Crippen LogP contribution is -2.30. The summed E-state index contributed by atoms with van der Waals surface area (Å²) in [6.45, 7) is 2.29. The average molecular weight is 334 g/mol. The summed E-state index contributed by atoms with van der Waals surface area (Å²) < 4.78 is 1.03. The second-order valence-electron chi connectivity index (χ2n) is 4.44. The molecule has 0 saturated carbocycles. The van der Waals surface area contributed by atoms with Crippen molar-refractivity contribution in [3.63, 3.8) is 0 Å². The number of hydrogen-bond donors (Lipinski definition) is 2. The first-order valence-electron chi connectivity index (χ1n) is 6.34. The third-order valence-electron chi connectivity index (χ3n) is 2.88. The second-order valence-corrected chi connectivity index (χ2v) is 5.36. The lowest BCUT2D eigenvalue weighted by atomic mass is 10.1. The number of pyridine rings is 1. The molecule has 0 saturated heterocycles. The van der Waals surface area contributed by atoms with Gasteiger partial charge in [-0.05, 0) is 36.8 Å². The predicted octanol–water partition coefficient (Wildman–Crippen LogP) is 3.13. The molecule has 1 heterocycles. The van der Waals surface area contributed by atoms with Gasteiger partial charge in [0.1, 0.15) is 0 Å². The topological polar surface area (TPSA) is 54.0 Å². The van der Waals surface area contributed by atoms with E-state index in [1.54, 1.807) is 24.5 Å². The molecule has 1 aromatic heterocycles. The molecule has 5 heteroatoms. The van der Waals surface area contributed by atoms with Gasteiger partial charge >= 0.3 is 0 Å². The summed E-state index contributed by atoms with van der Waals surface area (Å²) in [7, 11) is 0. The fraction of sp³-hybridized carbons (Fsp3) is 0.200. The van der Waals surface area contributed by atoms with Gasteiger partial charge < -0.3 is 10.6 Å². The number of aromatic nitrogens is 1. The van der Waals surface area contributed by atoms with Gasteiger partial charge in [0.2, 0.25) is 5.91 Å². The summed E-state index contributed by atoms with van der Waals surface area (Å²) in [5.41, 5.74) is 1.89. The van der Waals surface area contributed by atoms with E-state index in [4.69, 9.17) is 0 Å². The van der Waals surface area contributed by atoms with Crippen molar-refractivity contribution in [3.05, 3.63) is 58.8 Å². The molecule has 0 aliphatic carbocycles. The number of carbonyl (C=O) groups excluding carboxylic acids is 1. The minimum Gasteiger partial charge on any atom is -0.325 e. The van der Waals surface area contributed by atoms with Gasteiger partial charge in [-0.2, -0.15) is 0 Å². The molecule has 4 nitrogen and oxygen atoms in total. The van der Waals surface area contributed by atoms with Crippen molar-refractivity contribution in [2.75, 3.05) is 11.9 Å². The quantitative estimate of drug-likeness (QED) is 0.883. The largest absolute Gasteiger partial charge is 0.325 e. The molecule has 0 aliphatic heterocycles. The second kappa shape index (κ2) is 7.17. The Morgan fingerprint density at radius 2 is 2.05 bits per heavy atom. The third kappa shape index (κ3) is 4.43. The molecule has 2 N–H and O–H groups in total. The molecule has 0 fully saturated rings. The van der Waals surface area contributed by atoms with Crippen LogP contribution in [0.15, 0.2) is 53.3 Å². The highest BCUT2D eigenvalue weighted by molar-refractivity contribution is 9.10. The standard InChI is InChI=1S/C15H16BrN3O/c1-11(12-3-2-4-13(16)9-12)18-10-15(20)19-14-5-7-17-8-6-14/h2-9,11,18H,10H2,1H3,(H,17,19,20)/t11-/m1/s1. The van der Waals surface area contributed by atoms with Crippen molar-refractivity contribution in [2.45, 2.75) is 13.0 Å². The first-order valence-corrected chi connectivity index (χ1v) is 7.13. The molecule has 0 spiro atoms. The van der Waals surface area contributed by atoms with Crippen LogP contribution in [0.25, 0.3) is 0 Å². The molecule has 1 aromatic carbocycles. The summed E-state index contributed by atoms with van der Waals surface area (Å²) in [5.74, 6) is -0.0713. The number of amides is 1. The third-order valence-corrected chi connectivity index (χ3v) is 3.37. The van der Waals surface area contributed by atoms with E-state index in [-0.39, 0.29) is 18.5 Å². The van der Waals surface area contributed by atoms with E-state index in [9.17, 15) is 4.79 Å². The molecular formula is C15H16BrN3O. The minimum atomic E-state index is -0.0713. The van der Waals surface area contributed by atoms with E-state index < -0.39 is 0 Å². The van der Waals surface area contributed by atoms with Gasteiger partial charge in [0.15, 0.2) is 0 Å². The Kier molecular flexibility index (Phi) is 5.26. The Balaban J connectivity index is 1.84. The van der Waals surface area contributed by atoms with E-state index in [1.807, 2.05) is 31.2 Å². The van der Waals surface area contributed by atoms with Crippen molar-refractivity contribution in [2.24, 2.45) is 0 Å². The highest BCUT2D eigenvalue weighted by atomic mass is 79.9. The number of rotatable bonds is 5. The van der Waals surface area contributed by atoms with Gasteiger partial charge in [0.25, 0.3) is 0 Å². The first kappa shape index (κ1) is 14.7. The van der Waals surface area contributed by atoms with Crippen molar-refractivity contribution in [3.8, 4) is 0 Å². The van der Waals surface area contributed by atoms with E-state index in [0.29, 0.717) is 0 Å².